The van der Waals surface area contributed by atoms with E-state index in [1.165, 1.54) is 12.1 Å². The minimum absolute atomic E-state index is 0.727. The van der Waals surface area contributed by atoms with Gasteiger partial charge in [0.2, 0.25) is 0 Å². The summed E-state index contributed by atoms with van der Waals surface area (Å²) in [5, 5.41) is 3.26. The molecule has 0 aliphatic carbocycles. The molecule has 1 saturated heterocycles. The van der Waals surface area contributed by atoms with Crippen LogP contribution in [0.4, 0.5) is 0 Å². The van der Waals surface area contributed by atoms with Crippen LogP contribution in [0.2, 0.25) is 0 Å². The fraction of sp³-hybridized carbons (Fsp3) is 0.750. The van der Waals surface area contributed by atoms with Crippen LogP contribution in [-0.2, 0) is 0 Å². The van der Waals surface area contributed by atoms with Crippen LogP contribution in [0.15, 0.2) is 12.3 Å². The maximum Gasteiger partial charge on any atom is 0.0150 e. The highest BCUT2D eigenvalue weighted by Crippen LogP contribution is 2.24. The van der Waals surface area contributed by atoms with E-state index in [2.05, 4.69) is 25.7 Å². The molecule has 1 atom stereocenters. The molecule has 0 saturated carbocycles. The van der Waals surface area contributed by atoms with E-state index in [-0.39, 0.29) is 0 Å². The summed E-state index contributed by atoms with van der Waals surface area (Å²) in [7, 11) is 0. The quantitative estimate of drug-likeness (QED) is 0.563. The Morgan fingerprint density at radius 2 is 2.33 bits per heavy atom. The third kappa shape index (κ3) is 1.26. The topological polar surface area (TPSA) is 12.0 Å². The number of allylic oxidation sites excluding steroid dienone is 1. The molecule has 0 aromatic heterocycles. The average molecular weight is 125 g/mol. The maximum absolute atomic E-state index is 3.95. The molecule has 0 aromatic carbocycles. The largest absolute Gasteiger partial charge is 0.389 e. The molecule has 0 bridgehead atoms. The Balaban J connectivity index is 2.49. The van der Waals surface area contributed by atoms with Crippen molar-refractivity contribution >= 4 is 0 Å². The molecule has 52 valence electrons. The van der Waals surface area contributed by atoms with Gasteiger partial charge in [-0.15, -0.1) is 0 Å². The van der Waals surface area contributed by atoms with E-state index in [4.69, 9.17) is 0 Å². The summed E-state index contributed by atoms with van der Waals surface area (Å²) in [5.41, 5.74) is 1.24. The van der Waals surface area contributed by atoms with Gasteiger partial charge in [-0.1, -0.05) is 20.4 Å². The monoisotopic (exact) mass is 125 g/mol. The Hall–Kier alpha value is -0.460. The van der Waals surface area contributed by atoms with E-state index in [0.717, 1.165) is 18.4 Å². The molecule has 1 heteroatoms. The molecule has 1 aliphatic heterocycles. The first kappa shape index (κ1) is 6.66. The molecule has 9 heavy (non-hydrogen) atoms. The van der Waals surface area contributed by atoms with E-state index in [1.54, 1.807) is 0 Å². The predicted octanol–water partition coefficient (Wildman–Crippen LogP) is 1.77. The van der Waals surface area contributed by atoms with Gasteiger partial charge in [0.1, 0.15) is 0 Å². The number of rotatable bonds is 1. The van der Waals surface area contributed by atoms with Crippen LogP contribution in [0.3, 0.4) is 0 Å². The highest BCUT2D eigenvalue weighted by Gasteiger charge is 2.20. The lowest BCUT2D eigenvalue weighted by Gasteiger charge is -2.13. The Kier molecular flexibility index (Phi) is 1.79. The van der Waals surface area contributed by atoms with Crippen LogP contribution in [0.25, 0.3) is 0 Å². The van der Waals surface area contributed by atoms with E-state index < -0.39 is 0 Å². The second-order valence-electron chi connectivity index (χ2n) is 3.09. The first-order valence-electron chi connectivity index (χ1n) is 3.64. The minimum atomic E-state index is 0.727. The molecular formula is C8H15N. The Bertz CT molecular complexity index is 116. The first-order valence-corrected chi connectivity index (χ1v) is 3.64. The van der Waals surface area contributed by atoms with Crippen molar-refractivity contribution in [1.29, 1.82) is 0 Å². The lowest BCUT2D eigenvalue weighted by molar-refractivity contribution is 0.458. The smallest absolute Gasteiger partial charge is 0.0150 e. The molecule has 1 heterocycles. The molecule has 1 aliphatic rings. The molecule has 0 spiro atoms. The summed E-state index contributed by atoms with van der Waals surface area (Å²) in [6, 6.07) is 0. The zero-order chi connectivity index (χ0) is 6.85. The summed E-state index contributed by atoms with van der Waals surface area (Å²) < 4.78 is 0. The van der Waals surface area contributed by atoms with Crippen molar-refractivity contribution < 1.29 is 0 Å². The van der Waals surface area contributed by atoms with Gasteiger partial charge < -0.3 is 5.32 Å². The van der Waals surface area contributed by atoms with Crippen molar-refractivity contribution in [3.63, 3.8) is 0 Å². The van der Waals surface area contributed by atoms with E-state index in [1.807, 2.05) is 0 Å². The summed E-state index contributed by atoms with van der Waals surface area (Å²) in [5.74, 6) is 1.48. The maximum atomic E-state index is 3.95. The fourth-order valence-corrected chi connectivity index (χ4v) is 1.43. The fourth-order valence-electron chi connectivity index (χ4n) is 1.43. The number of hydrogen-bond donors (Lipinski definition) is 1. The predicted molar refractivity (Wildman–Crippen MR) is 40.1 cm³/mol. The molecule has 0 radical (unpaired) electrons. The lowest BCUT2D eigenvalue weighted by Crippen LogP contribution is -2.09. The normalized spacial score (nSPS) is 27.0. The van der Waals surface area contributed by atoms with Gasteiger partial charge in [-0.25, -0.2) is 0 Å². The van der Waals surface area contributed by atoms with E-state index >= 15 is 0 Å². The summed E-state index contributed by atoms with van der Waals surface area (Å²) in [6.45, 7) is 9.58. The van der Waals surface area contributed by atoms with Gasteiger partial charge in [0.15, 0.2) is 0 Å². The lowest BCUT2D eigenvalue weighted by atomic mass is 9.93. The number of hydrogen-bond acceptors (Lipinski definition) is 1. The summed E-state index contributed by atoms with van der Waals surface area (Å²) >= 11 is 0. The zero-order valence-electron chi connectivity index (χ0n) is 6.28. The molecular weight excluding hydrogens is 110 g/mol. The van der Waals surface area contributed by atoms with Crippen molar-refractivity contribution in [3.8, 4) is 0 Å². The Morgan fingerprint density at radius 1 is 1.67 bits per heavy atom. The third-order valence-electron chi connectivity index (χ3n) is 2.06. The molecule has 0 aromatic rings. The van der Waals surface area contributed by atoms with Crippen LogP contribution in [0, 0.1) is 11.8 Å². The van der Waals surface area contributed by atoms with Crippen molar-refractivity contribution in [2.24, 2.45) is 11.8 Å². The average Bonchev–Trinajstić information content (AvgIpc) is 2.13. The van der Waals surface area contributed by atoms with Crippen molar-refractivity contribution in [2.45, 2.75) is 20.3 Å². The highest BCUT2D eigenvalue weighted by molar-refractivity contribution is 5.04. The molecule has 1 fully saturated rings. The van der Waals surface area contributed by atoms with Gasteiger partial charge in [0.25, 0.3) is 0 Å². The molecule has 1 nitrogen and oxygen atoms in total. The summed E-state index contributed by atoms with van der Waals surface area (Å²) in [4.78, 5) is 0. The Labute approximate surface area is 57.1 Å². The van der Waals surface area contributed by atoms with Crippen molar-refractivity contribution in [1.82, 2.24) is 5.32 Å². The van der Waals surface area contributed by atoms with Gasteiger partial charge in [-0.3, -0.25) is 0 Å². The molecule has 1 rings (SSSR count). The van der Waals surface area contributed by atoms with Crippen LogP contribution in [0.5, 0.6) is 0 Å². The SMILES string of the molecule is C=C1NCC[C@H]1C(C)C. The molecule has 0 unspecified atom stereocenters. The molecule has 0 amide bonds. The van der Waals surface area contributed by atoms with Gasteiger partial charge in [-0.2, -0.15) is 0 Å². The van der Waals surface area contributed by atoms with Gasteiger partial charge in [-0.05, 0) is 12.3 Å². The van der Waals surface area contributed by atoms with E-state index in [0.29, 0.717) is 0 Å². The second-order valence-corrected chi connectivity index (χ2v) is 3.09. The van der Waals surface area contributed by atoms with Gasteiger partial charge >= 0.3 is 0 Å². The zero-order valence-corrected chi connectivity index (χ0v) is 6.28. The van der Waals surface area contributed by atoms with Gasteiger partial charge in [0.05, 0.1) is 0 Å². The highest BCUT2D eigenvalue weighted by atomic mass is 14.9. The standard InChI is InChI=1S/C8H15N/c1-6(2)8-4-5-9-7(8)3/h6,8-9H,3-5H2,1-2H3/t8-/m0/s1. The summed E-state index contributed by atoms with van der Waals surface area (Å²) in [6.07, 6.45) is 1.27. The van der Waals surface area contributed by atoms with Crippen molar-refractivity contribution in [3.05, 3.63) is 12.3 Å². The Morgan fingerprint density at radius 3 is 2.56 bits per heavy atom. The second kappa shape index (κ2) is 2.42. The third-order valence-corrected chi connectivity index (χ3v) is 2.06. The first-order chi connectivity index (χ1) is 4.22. The minimum Gasteiger partial charge on any atom is -0.389 e. The van der Waals surface area contributed by atoms with E-state index in [9.17, 15) is 0 Å². The molecule has 1 N–H and O–H groups in total. The van der Waals surface area contributed by atoms with Crippen LogP contribution >= 0.6 is 0 Å². The van der Waals surface area contributed by atoms with Gasteiger partial charge in [0, 0.05) is 18.2 Å². The van der Waals surface area contributed by atoms with Crippen LogP contribution in [-0.4, -0.2) is 6.54 Å². The number of nitrogens with one attached hydrogen (secondary N) is 1. The van der Waals surface area contributed by atoms with Crippen molar-refractivity contribution in [2.75, 3.05) is 6.54 Å². The van der Waals surface area contributed by atoms with Crippen LogP contribution in [0.1, 0.15) is 20.3 Å². The van der Waals surface area contributed by atoms with Crippen LogP contribution < -0.4 is 5.32 Å².